The first-order chi connectivity index (χ1) is 16.7. The molecule has 206 valence electrons. The summed E-state index contributed by atoms with van der Waals surface area (Å²) in [6.07, 6.45) is 13.1. The van der Waals surface area contributed by atoms with Crippen LogP contribution in [0.2, 0.25) is 0 Å². The third-order valence-corrected chi connectivity index (χ3v) is 6.52. The average Bonchev–Trinajstić information content (AvgIpc) is 2.79. The molecular weight excluding hydrogens is 450 g/mol. The van der Waals surface area contributed by atoms with Crippen molar-refractivity contribution in [2.45, 2.75) is 97.4 Å². The van der Waals surface area contributed by atoms with Gasteiger partial charge < -0.3 is 15.3 Å². The Morgan fingerprint density at radius 1 is 0.600 bits per heavy atom. The summed E-state index contributed by atoms with van der Waals surface area (Å²) in [6, 6.07) is -0.0564. The standard InChI is InChI=1S/C26H51N3O6/c1-4-7-8-9-10-11-12-13-14-15-16-23(29(6-3)22-26(34)35)19-28(21-25(32)33)18-17-27(5-2)20-24(30)31/h23H,4-22H2,1-3H3,(H,30,31)(H,32,33)(H,34,35). The number of likely N-dealkylation sites (N-methyl/N-ethyl adjacent to an activating group) is 2. The third kappa shape index (κ3) is 19.2. The lowest BCUT2D eigenvalue weighted by Crippen LogP contribution is -2.49. The first-order valence-corrected chi connectivity index (χ1v) is 13.6. The Hall–Kier alpha value is -1.71. The Kier molecular flexibility index (Phi) is 20.5. The molecule has 35 heavy (non-hydrogen) atoms. The molecule has 9 nitrogen and oxygen atoms in total. The minimum absolute atomic E-state index is 0.0564. The first-order valence-electron chi connectivity index (χ1n) is 13.6. The number of rotatable bonds is 25. The second kappa shape index (κ2) is 21.6. The highest BCUT2D eigenvalue weighted by Crippen LogP contribution is 2.15. The van der Waals surface area contributed by atoms with E-state index in [4.69, 9.17) is 5.11 Å². The van der Waals surface area contributed by atoms with Crippen molar-refractivity contribution in [3.63, 3.8) is 0 Å². The first kappa shape index (κ1) is 33.3. The number of carbonyl (C=O) groups is 3. The normalized spacial score (nSPS) is 12.5. The van der Waals surface area contributed by atoms with Crippen LogP contribution in [0.4, 0.5) is 0 Å². The van der Waals surface area contributed by atoms with E-state index in [-0.39, 0.29) is 25.7 Å². The molecule has 0 aromatic heterocycles. The van der Waals surface area contributed by atoms with Gasteiger partial charge in [-0.05, 0) is 19.5 Å². The molecule has 0 aromatic rings. The van der Waals surface area contributed by atoms with Gasteiger partial charge in [0, 0.05) is 25.7 Å². The van der Waals surface area contributed by atoms with Crippen LogP contribution in [0.1, 0.15) is 91.4 Å². The molecule has 0 radical (unpaired) electrons. The molecule has 9 heteroatoms. The zero-order valence-electron chi connectivity index (χ0n) is 22.4. The average molecular weight is 502 g/mol. The van der Waals surface area contributed by atoms with E-state index in [0.717, 1.165) is 19.3 Å². The lowest BCUT2D eigenvalue weighted by molar-refractivity contribution is -0.141. The highest BCUT2D eigenvalue weighted by atomic mass is 16.4. The topological polar surface area (TPSA) is 122 Å². The Labute approximate surface area is 212 Å². The molecule has 0 heterocycles. The van der Waals surface area contributed by atoms with Gasteiger partial charge in [-0.15, -0.1) is 0 Å². The molecule has 0 saturated carbocycles. The maximum Gasteiger partial charge on any atom is 0.317 e. The van der Waals surface area contributed by atoms with Gasteiger partial charge in [-0.25, -0.2) is 0 Å². The third-order valence-electron chi connectivity index (χ3n) is 6.52. The maximum absolute atomic E-state index is 11.5. The molecule has 1 unspecified atom stereocenters. The molecule has 0 bridgehead atoms. The molecule has 0 aliphatic rings. The van der Waals surface area contributed by atoms with E-state index in [9.17, 15) is 24.6 Å². The van der Waals surface area contributed by atoms with E-state index in [0.29, 0.717) is 32.7 Å². The molecule has 0 aliphatic heterocycles. The van der Waals surface area contributed by atoms with Gasteiger partial charge >= 0.3 is 17.9 Å². The van der Waals surface area contributed by atoms with Crippen LogP contribution in [-0.4, -0.2) is 106 Å². The van der Waals surface area contributed by atoms with Gasteiger partial charge in [-0.2, -0.15) is 0 Å². The molecule has 0 aliphatic carbocycles. The fraction of sp³-hybridized carbons (Fsp3) is 0.885. The van der Waals surface area contributed by atoms with Crippen molar-refractivity contribution in [3.8, 4) is 0 Å². The largest absolute Gasteiger partial charge is 0.480 e. The molecular formula is C26H51N3O6. The van der Waals surface area contributed by atoms with Gasteiger partial charge in [0.15, 0.2) is 0 Å². The number of hydrogen-bond acceptors (Lipinski definition) is 6. The van der Waals surface area contributed by atoms with Crippen molar-refractivity contribution in [3.05, 3.63) is 0 Å². The summed E-state index contributed by atoms with van der Waals surface area (Å²) in [4.78, 5) is 39.5. The summed E-state index contributed by atoms with van der Waals surface area (Å²) >= 11 is 0. The van der Waals surface area contributed by atoms with E-state index in [2.05, 4.69) is 6.92 Å². The van der Waals surface area contributed by atoms with E-state index in [1.54, 1.807) is 4.90 Å². The van der Waals surface area contributed by atoms with Gasteiger partial charge in [0.2, 0.25) is 0 Å². The molecule has 0 aromatic carbocycles. The zero-order chi connectivity index (χ0) is 26.5. The maximum atomic E-state index is 11.5. The van der Waals surface area contributed by atoms with Crippen LogP contribution in [0, 0.1) is 0 Å². The predicted octanol–water partition coefficient (Wildman–Crippen LogP) is 3.87. The number of unbranched alkanes of at least 4 members (excludes halogenated alkanes) is 9. The molecule has 1 atom stereocenters. The molecule has 0 spiro atoms. The van der Waals surface area contributed by atoms with Crippen LogP contribution in [0.3, 0.4) is 0 Å². The van der Waals surface area contributed by atoms with Crippen LogP contribution in [0.15, 0.2) is 0 Å². The van der Waals surface area contributed by atoms with Crippen molar-refractivity contribution in [1.82, 2.24) is 14.7 Å². The minimum atomic E-state index is -0.940. The molecule has 3 N–H and O–H groups in total. The van der Waals surface area contributed by atoms with E-state index in [1.807, 2.05) is 23.6 Å². The highest BCUT2D eigenvalue weighted by molar-refractivity contribution is 5.70. The summed E-state index contributed by atoms with van der Waals surface area (Å²) in [5.41, 5.74) is 0. The lowest BCUT2D eigenvalue weighted by Gasteiger charge is -2.34. The van der Waals surface area contributed by atoms with Gasteiger partial charge in [-0.3, -0.25) is 29.1 Å². The summed E-state index contributed by atoms with van der Waals surface area (Å²) in [6.45, 7) is 8.21. The van der Waals surface area contributed by atoms with Gasteiger partial charge in [-0.1, -0.05) is 85.0 Å². The van der Waals surface area contributed by atoms with Crippen LogP contribution < -0.4 is 0 Å². The summed E-state index contributed by atoms with van der Waals surface area (Å²) in [5.74, 6) is -2.73. The Morgan fingerprint density at radius 3 is 1.51 bits per heavy atom. The molecule has 0 amide bonds. The van der Waals surface area contributed by atoms with E-state index < -0.39 is 17.9 Å². The minimum Gasteiger partial charge on any atom is -0.480 e. The summed E-state index contributed by atoms with van der Waals surface area (Å²) in [5, 5.41) is 27.9. The number of carboxylic acid groups (broad SMARTS) is 3. The van der Waals surface area contributed by atoms with Crippen molar-refractivity contribution in [2.24, 2.45) is 0 Å². The quantitative estimate of drug-likeness (QED) is 0.160. The molecule has 0 rings (SSSR count). The number of hydrogen-bond donors (Lipinski definition) is 3. The summed E-state index contributed by atoms with van der Waals surface area (Å²) < 4.78 is 0. The number of carboxylic acids is 3. The second-order valence-corrected chi connectivity index (χ2v) is 9.47. The smallest absolute Gasteiger partial charge is 0.317 e. The fourth-order valence-corrected chi connectivity index (χ4v) is 4.48. The van der Waals surface area contributed by atoms with Crippen LogP contribution in [0.5, 0.6) is 0 Å². The van der Waals surface area contributed by atoms with Crippen molar-refractivity contribution in [1.29, 1.82) is 0 Å². The zero-order valence-corrected chi connectivity index (χ0v) is 22.4. The summed E-state index contributed by atoms with van der Waals surface area (Å²) in [7, 11) is 0. The Bertz CT molecular complexity index is 575. The molecule has 0 saturated heterocycles. The van der Waals surface area contributed by atoms with Crippen LogP contribution >= 0.6 is 0 Å². The second-order valence-electron chi connectivity index (χ2n) is 9.47. The van der Waals surface area contributed by atoms with E-state index >= 15 is 0 Å². The Morgan fingerprint density at radius 2 is 1.06 bits per heavy atom. The molecule has 0 fully saturated rings. The van der Waals surface area contributed by atoms with Crippen molar-refractivity contribution >= 4 is 17.9 Å². The van der Waals surface area contributed by atoms with Crippen molar-refractivity contribution < 1.29 is 29.7 Å². The monoisotopic (exact) mass is 501 g/mol. The van der Waals surface area contributed by atoms with Gasteiger partial charge in [0.05, 0.1) is 19.6 Å². The van der Waals surface area contributed by atoms with E-state index in [1.165, 1.54) is 51.4 Å². The Balaban J connectivity index is 4.87. The van der Waals surface area contributed by atoms with Crippen LogP contribution in [0.25, 0.3) is 0 Å². The van der Waals surface area contributed by atoms with Gasteiger partial charge in [0.25, 0.3) is 0 Å². The SMILES string of the molecule is CCCCCCCCCCCCC(CN(CCN(CC)CC(=O)O)CC(=O)O)N(CC)CC(=O)O. The number of nitrogens with zero attached hydrogens (tertiary/aromatic N) is 3. The highest BCUT2D eigenvalue weighted by Gasteiger charge is 2.23. The predicted molar refractivity (Wildman–Crippen MR) is 139 cm³/mol. The fourth-order valence-electron chi connectivity index (χ4n) is 4.48. The lowest BCUT2D eigenvalue weighted by atomic mass is 10.0. The van der Waals surface area contributed by atoms with Crippen LogP contribution in [-0.2, 0) is 14.4 Å². The van der Waals surface area contributed by atoms with Crippen molar-refractivity contribution in [2.75, 3.05) is 52.4 Å². The number of aliphatic carboxylic acids is 3. The van der Waals surface area contributed by atoms with Gasteiger partial charge in [0.1, 0.15) is 0 Å².